The van der Waals surface area contributed by atoms with Gasteiger partial charge in [-0.1, -0.05) is 6.07 Å². The van der Waals surface area contributed by atoms with E-state index in [1.54, 1.807) is 16.9 Å². The Morgan fingerprint density at radius 3 is 2.91 bits per heavy atom. The van der Waals surface area contributed by atoms with Crippen LogP contribution in [0.3, 0.4) is 0 Å². The smallest absolute Gasteiger partial charge is 0.270 e. The van der Waals surface area contributed by atoms with Crippen LogP contribution < -0.4 is 18.9 Å². The summed E-state index contributed by atoms with van der Waals surface area (Å²) in [7, 11) is -1.17. The van der Waals surface area contributed by atoms with Gasteiger partial charge in [-0.15, -0.1) is 0 Å². The monoisotopic (exact) mass is 473 g/mol. The SMILES string of the molecule is COc1ccc2c(c1S(=O)(=O)Nc1nsc3cc(Cn4cccn4)nc(OC)c13)OCC2. The number of methoxy groups -OCH3 is 2. The Kier molecular flexibility index (Phi) is 5.10. The zero-order valence-electron chi connectivity index (χ0n) is 17.2. The van der Waals surface area contributed by atoms with Gasteiger partial charge in [-0.2, -0.15) is 9.47 Å². The summed E-state index contributed by atoms with van der Waals surface area (Å²) in [5.41, 5.74) is 1.53. The summed E-state index contributed by atoms with van der Waals surface area (Å²) in [5, 5.41) is 4.67. The summed E-state index contributed by atoms with van der Waals surface area (Å²) < 4.78 is 52.5. The highest BCUT2D eigenvalue weighted by atomic mass is 32.2. The molecular formula is C20H19N5O5S2. The second kappa shape index (κ2) is 7.95. The lowest BCUT2D eigenvalue weighted by Crippen LogP contribution is -2.16. The van der Waals surface area contributed by atoms with Crippen molar-refractivity contribution in [3.8, 4) is 17.4 Å². The van der Waals surface area contributed by atoms with E-state index in [1.807, 2.05) is 24.4 Å². The van der Waals surface area contributed by atoms with Gasteiger partial charge < -0.3 is 14.2 Å². The molecule has 0 aliphatic carbocycles. The van der Waals surface area contributed by atoms with Gasteiger partial charge in [0.25, 0.3) is 10.0 Å². The molecule has 0 saturated carbocycles. The van der Waals surface area contributed by atoms with Crippen molar-refractivity contribution >= 4 is 37.5 Å². The molecule has 3 aromatic heterocycles. The molecule has 1 aliphatic rings. The van der Waals surface area contributed by atoms with Gasteiger partial charge in [0.2, 0.25) is 5.88 Å². The highest BCUT2D eigenvalue weighted by Crippen LogP contribution is 2.41. The van der Waals surface area contributed by atoms with Crippen LogP contribution in [0.2, 0.25) is 0 Å². The van der Waals surface area contributed by atoms with E-state index >= 15 is 0 Å². The minimum atomic E-state index is -4.07. The Morgan fingerprint density at radius 1 is 1.28 bits per heavy atom. The van der Waals surface area contributed by atoms with E-state index in [4.69, 9.17) is 14.2 Å². The van der Waals surface area contributed by atoms with Gasteiger partial charge in [0.05, 0.1) is 43.2 Å². The van der Waals surface area contributed by atoms with Crippen LogP contribution >= 0.6 is 11.5 Å². The Hall–Kier alpha value is -3.38. The van der Waals surface area contributed by atoms with Crippen molar-refractivity contribution in [3.63, 3.8) is 0 Å². The molecule has 0 radical (unpaired) electrons. The molecule has 1 N–H and O–H groups in total. The van der Waals surface area contributed by atoms with Crippen LogP contribution in [0, 0.1) is 0 Å². The molecule has 0 fully saturated rings. The number of nitrogens with zero attached hydrogens (tertiary/aromatic N) is 4. The third-order valence-electron chi connectivity index (χ3n) is 5.05. The topological polar surface area (TPSA) is 117 Å². The minimum Gasteiger partial charge on any atom is -0.495 e. The number of sulfonamides is 1. The Balaban J connectivity index is 1.56. The van der Waals surface area contributed by atoms with Gasteiger partial charge in [-0.25, -0.2) is 13.4 Å². The molecule has 32 heavy (non-hydrogen) atoms. The van der Waals surface area contributed by atoms with Gasteiger partial charge in [0, 0.05) is 18.8 Å². The zero-order valence-corrected chi connectivity index (χ0v) is 18.9. The van der Waals surface area contributed by atoms with Crippen molar-refractivity contribution in [2.75, 3.05) is 25.5 Å². The predicted octanol–water partition coefficient (Wildman–Crippen LogP) is 2.69. The zero-order chi connectivity index (χ0) is 22.3. The normalized spacial score (nSPS) is 13.1. The molecule has 0 saturated heterocycles. The molecule has 1 aromatic carbocycles. The van der Waals surface area contributed by atoms with E-state index in [0.717, 1.165) is 21.8 Å². The van der Waals surface area contributed by atoms with Crippen LogP contribution in [0.1, 0.15) is 11.3 Å². The highest BCUT2D eigenvalue weighted by Gasteiger charge is 2.31. The number of nitrogens with one attached hydrogen (secondary N) is 1. The number of fused-ring (bicyclic) bond motifs is 2. The van der Waals surface area contributed by atoms with Crippen LogP contribution in [-0.2, 0) is 23.0 Å². The fourth-order valence-electron chi connectivity index (χ4n) is 3.63. The molecule has 0 unspecified atom stereocenters. The molecule has 0 spiro atoms. The molecule has 166 valence electrons. The van der Waals surface area contributed by atoms with E-state index in [-0.39, 0.29) is 22.3 Å². The van der Waals surface area contributed by atoms with Gasteiger partial charge in [-0.05, 0) is 35.3 Å². The van der Waals surface area contributed by atoms with Gasteiger partial charge >= 0.3 is 0 Å². The minimum absolute atomic E-state index is 0.0432. The van der Waals surface area contributed by atoms with Crippen LogP contribution in [0.4, 0.5) is 5.82 Å². The second-order valence-electron chi connectivity index (χ2n) is 7.02. The number of aromatic nitrogens is 4. The van der Waals surface area contributed by atoms with E-state index < -0.39 is 10.0 Å². The van der Waals surface area contributed by atoms with Crippen molar-refractivity contribution in [1.29, 1.82) is 0 Å². The first kappa shape index (κ1) is 20.5. The summed E-state index contributed by atoms with van der Waals surface area (Å²) in [6.07, 6.45) is 4.16. The Morgan fingerprint density at radius 2 is 2.16 bits per heavy atom. The number of ether oxygens (including phenoxy) is 3. The first-order chi connectivity index (χ1) is 15.5. The third kappa shape index (κ3) is 3.50. The average molecular weight is 474 g/mol. The van der Waals surface area contributed by atoms with E-state index in [2.05, 4.69) is 19.2 Å². The fraction of sp³-hybridized carbons (Fsp3) is 0.250. The summed E-state index contributed by atoms with van der Waals surface area (Å²) >= 11 is 1.15. The highest BCUT2D eigenvalue weighted by molar-refractivity contribution is 7.93. The maximum absolute atomic E-state index is 13.4. The molecule has 4 heterocycles. The quantitative estimate of drug-likeness (QED) is 0.435. The average Bonchev–Trinajstić information content (AvgIpc) is 3.53. The summed E-state index contributed by atoms with van der Waals surface area (Å²) in [6, 6.07) is 7.12. The molecule has 4 aromatic rings. The Bertz CT molecular complexity index is 1400. The predicted molar refractivity (Wildman–Crippen MR) is 118 cm³/mol. The van der Waals surface area contributed by atoms with Crippen molar-refractivity contribution in [1.82, 2.24) is 19.1 Å². The van der Waals surface area contributed by atoms with E-state index in [0.29, 0.717) is 36.4 Å². The summed E-state index contributed by atoms with van der Waals surface area (Å²) in [6.45, 7) is 0.865. The fourth-order valence-corrected chi connectivity index (χ4v) is 5.84. The van der Waals surface area contributed by atoms with Crippen molar-refractivity contribution in [2.45, 2.75) is 17.9 Å². The number of pyridine rings is 1. The summed E-state index contributed by atoms with van der Waals surface area (Å²) in [5.74, 6) is 0.919. The lowest BCUT2D eigenvalue weighted by molar-refractivity contribution is 0.340. The van der Waals surface area contributed by atoms with Crippen molar-refractivity contribution < 1.29 is 22.6 Å². The van der Waals surface area contributed by atoms with Crippen LogP contribution in [0.5, 0.6) is 17.4 Å². The second-order valence-corrected chi connectivity index (χ2v) is 9.44. The maximum Gasteiger partial charge on any atom is 0.270 e. The number of hydrogen-bond donors (Lipinski definition) is 1. The lowest BCUT2D eigenvalue weighted by Gasteiger charge is -2.14. The molecule has 10 nitrogen and oxygen atoms in total. The largest absolute Gasteiger partial charge is 0.495 e. The molecule has 5 rings (SSSR count). The first-order valence-electron chi connectivity index (χ1n) is 9.66. The van der Waals surface area contributed by atoms with Crippen molar-refractivity contribution in [2.24, 2.45) is 0 Å². The molecule has 0 atom stereocenters. The van der Waals surface area contributed by atoms with E-state index in [9.17, 15) is 8.42 Å². The van der Waals surface area contributed by atoms with Crippen LogP contribution in [-0.4, -0.2) is 48.4 Å². The van der Waals surface area contributed by atoms with Gasteiger partial charge in [-0.3, -0.25) is 9.40 Å². The maximum atomic E-state index is 13.4. The molecule has 0 amide bonds. The summed E-state index contributed by atoms with van der Waals surface area (Å²) in [4.78, 5) is 4.48. The first-order valence-corrected chi connectivity index (χ1v) is 11.9. The Labute approximate surface area is 188 Å². The van der Waals surface area contributed by atoms with Gasteiger partial charge in [0.15, 0.2) is 10.7 Å². The lowest BCUT2D eigenvalue weighted by atomic mass is 10.2. The number of benzene rings is 1. The van der Waals surface area contributed by atoms with Crippen LogP contribution in [0.15, 0.2) is 41.6 Å². The van der Waals surface area contributed by atoms with Gasteiger partial charge in [0.1, 0.15) is 11.5 Å². The standard InChI is InChI=1S/C20H19N5O5S2/c1-28-14-5-4-12-6-9-30-17(12)18(14)32(26,27)24-19-16-15(31-23-19)10-13(22-20(16)29-2)11-25-8-3-7-21-25/h3-5,7-8,10H,6,9,11H2,1-2H3,(H,23,24). The van der Waals surface area contributed by atoms with E-state index in [1.165, 1.54) is 14.2 Å². The third-order valence-corrected chi connectivity index (χ3v) is 7.23. The van der Waals surface area contributed by atoms with Crippen LogP contribution in [0.25, 0.3) is 10.1 Å². The molecule has 12 heteroatoms. The van der Waals surface area contributed by atoms with Crippen molar-refractivity contribution in [3.05, 3.63) is 47.9 Å². The molecule has 0 bridgehead atoms. The number of hydrogen-bond acceptors (Lipinski definition) is 9. The number of anilines is 1. The molecular weight excluding hydrogens is 454 g/mol. The molecule has 1 aliphatic heterocycles. The number of rotatable bonds is 7.